The third kappa shape index (κ3) is 3.41. The molecular formula is C13H17ClFNO. The minimum Gasteiger partial charge on any atom is -0.381 e. The molecule has 0 amide bonds. The van der Waals surface area contributed by atoms with E-state index < -0.39 is 0 Å². The highest BCUT2D eigenvalue weighted by molar-refractivity contribution is 6.30. The summed E-state index contributed by atoms with van der Waals surface area (Å²) in [5, 5.41) is 3.93. The van der Waals surface area contributed by atoms with Gasteiger partial charge in [0.05, 0.1) is 6.10 Å². The lowest BCUT2D eigenvalue weighted by atomic mass is 10.2. The summed E-state index contributed by atoms with van der Waals surface area (Å²) < 4.78 is 18.8. The van der Waals surface area contributed by atoms with Crippen LogP contribution in [0.15, 0.2) is 18.2 Å². The van der Waals surface area contributed by atoms with Crippen LogP contribution in [-0.2, 0) is 11.3 Å². The van der Waals surface area contributed by atoms with Gasteiger partial charge in [-0.15, -0.1) is 0 Å². The summed E-state index contributed by atoms with van der Waals surface area (Å²) in [6, 6.07) is 5.06. The van der Waals surface area contributed by atoms with Crippen LogP contribution in [0.5, 0.6) is 0 Å². The normalized spacial score (nSPS) is 24.2. The molecule has 1 fully saturated rings. The van der Waals surface area contributed by atoms with Gasteiger partial charge in [-0.25, -0.2) is 4.39 Å². The summed E-state index contributed by atoms with van der Waals surface area (Å²) in [6.07, 6.45) is 3.50. The van der Waals surface area contributed by atoms with Gasteiger partial charge in [0.15, 0.2) is 0 Å². The molecule has 0 bridgehead atoms. The van der Waals surface area contributed by atoms with Crippen LogP contribution in [0.1, 0.15) is 24.8 Å². The quantitative estimate of drug-likeness (QED) is 0.895. The van der Waals surface area contributed by atoms with E-state index in [0.717, 1.165) is 19.3 Å². The second kappa shape index (κ2) is 5.80. The van der Waals surface area contributed by atoms with Crippen LogP contribution in [0.3, 0.4) is 0 Å². The first-order valence-corrected chi connectivity index (χ1v) is 6.27. The maximum atomic E-state index is 13.5. The Morgan fingerprint density at radius 1 is 1.47 bits per heavy atom. The fraction of sp³-hybridized carbons (Fsp3) is 0.538. The van der Waals surface area contributed by atoms with Gasteiger partial charge in [-0.3, -0.25) is 0 Å². The number of hydrogen-bond acceptors (Lipinski definition) is 2. The summed E-state index contributed by atoms with van der Waals surface area (Å²) >= 11 is 5.84. The number of rotatable bonds is 4. The van der Waals surface area contributed by atoms with Crippen LogP contribution in [0.2, 0.25) is 5.02 Å². The van der Waals surface area contributed by atoms with Crippen molar-refractivity contribution in [1.29, 1.82) is 0 Å². The van der Waals surface area contributed by atoms with E-state index in [2.05, 4.69) is 5.32 Å². The van der Waals surface area contributed by atoms with Crippen molar-refractivity contribution in [3.8, 4) is 0 Å². The first kappa shape index (κ1) is 12.8. The lowest BCUT2D eigenvalue weighted by Crippen LogP contribution is -2.27. The fourth-order valence-corrected chi connectivity index (χ4v) is 2.47. The van der Waals surface area contributed by atoms with E-state index in [4.69, 9.17) is 16.3 Å². The van der Waals surface area contributed by atoms with Crippen LogP contribution in [0.4, 0.5) is 4.39 Å². The highest BCUT2D eigenvalue weighted by Gasteiger charge is 2.23. The molecule has 0 radical (unpaired) electrons. The molecule has 1 aliphatic rings. The zero-order chi connectivity index (χ0) is 12.3. The molecule has 0 saturated heterocycles. The Kier molecular flexibility index (Phi) is 4.37. The molecule has 1 aromatic carbocycles. The topological polar surface area (TPSA) is 21.3 Å². The average Bonchev–Trinajstić information content (AvgIpc) is 2.78. The molecule has 17 heavy (non-hydrogen) atoms. The second-order valence-corrected chi connectivity index (χ2v) is 4.92. The summed E-state index contributed by atoms with van der Waals surface area (Å²) in [4.78, 5) is 0. The first-order chi connectivity index (χ1) is 8.19. The molecule has 0 heterocycles. The van der Waals surface area contributed by atoms with E-state index in [-0.39, 0.29) is 5.82 Å². The molecular weight excluding hydrogens is 241 g/mol. The third-order valence-corrected chi connectivity index (χ3v) is 3.54. The van der Waals surface area contributed by atoms with Gasteiger partial charge < -0.3 is 10.1 Å². The van der Waals surface area contributed by atoms with Crippen molar-refractivity contribution in [1.82, 2.24) is 5.32 Å². The monoisotopic (exact) mass is 257 g/mol. The molecule has 4 heteroatoms. The zero-order valence-corrected chi connectivity index (χ0v) is 10.6. The van der Waals surface area contributed by atoms with Gasteiger partial charge in [-0.05, 0) is 37.5 Å². The SMILES string of the molecule is COC1CCC(NCc2cc(Cl)ccc2F)C1. The molecule has 0 aromatic heterocycles. The van der Waals surface area contributed by atoms with E-state index in [1.165, 1.54) is 6.07 Å². The minimum atomic E-state index is -0.205. The molecule has 1 aromatic rings. The summed E-state index contributed by atoms with van der Waals surface area (Å²) in [5.41, 5.74) is 0.623. The zero-order valence-electron chi connectivity index (χ0n) is 9.88. The van der Waals surface area contributed by atoms with Crippen LogP contribution in [0, 0.1) is 5.82 Å². The summed E-state index contributed by atoms with van der Waals surface area (Å²) in [5.74, 6) is -0.205. The average molecular weight is 258 g/mol. The molecule has 0 aliphatic heterocycles. The van der Waals surface area contributed by atoms with Crippen molar-refractivity contribution in [3.63, 3.8) is 0 Å². The molecule has 0 spiro atoms. The molecule has 2 rings (SSSR count). The first-order valence-electron chi connectivity index (χ1n) is 5.89. The predicted molar refractivity (Wildman–Crippen MR) is 66.7 cm³/mol. The van der Waals surface area contributed by atoms with E-state index in [1.807, 2.05) is 0 Å². The minimum absolute atomic E-state index is 0.205. The molecule has 1 aliphatic carbocycles. The van der Waals surface area contributed by atoms with Crippen LogP contribution >= 0.6 is 11.6 Å². The van der Waals surface area contributed by atoms with Gasteiger partial charge in [0.2, 0.25) is 0 Å². The molecule has 1 N–H and O–H groups in total. The maximum absolute atomic E-state index is 13.5. The Balaban J connectivity index is 1.88. The summed E-state index contributed by atoms with van der Waals surface area (Å²) in [7, 11) is 1.74. The van der Waals surface area contributed by atoms with E-state index in [9.17, 15) is 4.39 Å². The van der Waals surface area contributed by atoms with Gasteiger partial charge in [0.1, 0.15) is 5.82 Å². The Hall–Kier alpha value is -0.640. The Morgan fingerprint density at radius 3 is 3.00 bits per heavy atom. The molecule has 2 atom stereocenters. The highest BCUT2D eigenvalue weighted by atomic mass is 35.5. The van der Waals surface area contributed by atoms with Gasteiger partial charge >= 0.3 is 0 Å². The lowest BCUT2D eigenvalue weighted by Gasteiger charge is -2.13. The standard InChI is InChI=1S/C13H17ClFNO/c1-17-12-4-3-11(7-12)16-8-9-6-10(14)2-5-13(9)15/h2,5-6,11-12,16H,3-4,7-8H2,1H3. The number of methoxy groups -OCH3 is 1. The Morgan fingerprint density at radius 2 is 2.29 bits per heavy atom. The van der Waals surface area contributed by atoms with E-state index in [1.54, 1.807) is 19.2 Å². The predicted octanol–water partition coefficient (Wildman–Crippen LogP) is 3.14. The van der Waals surface area contributed by atoms with Gasteiger partial charge in [0, 0.05) is 30.3 Å². The highest BCUT2D eigenvalue weighted by Crippen LogP contribution is 2.22. The van der Waals surface area contributed by atoms with Gasteiger partial charge in [-0.1, -0.05) is 11.6 Å². The Bertz CT molecular complexity index is 386. The van der Waals surface area contributed by atoms with Crippen molar-refractivity contribution in [2.45, 2.75) is 38.0 Å². The number of ether oxygens (including phenoxy) is 1. The maximum Gasteiger partial charge on any atom is 0.127 e. The van der Waals surface area contributed by atoms with Crippen LogP contribution in [-0.4, -0.2) is 19.3 Å². The smallest absolute Gasteiger partial charge is 0.127 e. The number of nitrogens with one attached hydrogen (secondary N) is 1. The van der Waals surface area contributed by atoms with Crippen LogP contribution in [0.25, 0.3) is 0 Å². The number of hydrogen-bond donors (Lipinski definition) is 1. The van der Waals surface area contributed by atoms with E-state index in [0.29, 0.717) is 29.3 Å². The van der Waals surface area contributed by atoms with Crippen LogP contribution < -0.4 is 5.32 Å². The van der Waals surface area contributed by atoms with Crippen molar-refractivity contribution < 1.29 is 9.13 Å². The van der Waals surface area contributed by atoms with E-state index >= 15 is 0 Å². The number of halogens is 2. The molecule has 2 unspecified atom stereocenters. The van der Waals surface area contributed by atoms with Gasteiger partial charge in [-0.2, -0.15) is 0 Å². The van der Waals surface area contributed by atoms with Crippen molar-refractivity contribution in [2.75, 3.05) is 7.11 Å². The number of benzene rings is 1. The fourth-order valence-electron chi connectivity index (χ4n) is 2.27. The van der Waals surface area contributed by atoms with Crippen molar-refractivity contribution >= 4 is 11.6 Å². The van der Waals surface area contributed by atoms with Gasteiger partial charge in [0.25, 0.3) is 0 Å². The molecule has 2 nitrogen and oxygen atoms in total. The largest absolute Gasteiger partial charge is 0.381 e. The molecule has 1 saturated carbocycles. The second-order valence-electron chi connectivity index (χ2n) is 4.48. The Labute approximate surface area is 106 Å². The third-order valence-electron chi connectivity index (χ3n) is 3.31. The van der Waals surface area contributed by atoms with Crippen molar-refractivity contribution in [3.05, 3.63) is 34.6 Å². The van der Waals surface area contributed by atoms with Crippen molar-refractivity contribution in [2.24, 2.45) is 0 Å². The lowest BCUT2D eigenvalue weighted by molar-refractivity contribution is 0.107. The summed E-state index contributed by atoms with van der Waals surface area (Å²) in [6.45, 7) is 0.521. The molecule has 94 valence electrons.